The molecule has 1 aromatic heterocycles. The number of nitrogens with one attached hydrogen (secondary N) is 2. The molecule has 0 bridgehead atoms. The van der Waals surface area contributed by atoms with Gasteiger partial charge in [0.15, 0.2) is 0 Å². The van der Waals surface area contributed by atoms with E-state index in [1.54, 1.807) is 0 Å². The molecule has 0 saturated carbocycles. The maximum absolute atomic E-state index is 4.57. The third-order valence-corrected chi connectivity index (χ3v) is 4.55. The lowest BCUT2D eigenvalue weighted by atomic mass is 9.94. The lowest BCUT2D eigenvalue weighted by molar-refractivity contribution is 0.368. The second-order valence-electron chi connectivity index (χ2n) is 5.60. The van der Waals surface area contributed by atoms with Crippen LogP contribution >= 0.6 is 15.9 Å². The number of rotatable bonds is 3. The third kappa shape index (κ3) is 3.13. The molecule has 106 valence electrons. The van der Waals surface area contributed by atoms with Gasteiger partial charge in [0.05, 0.1) is 11.9 Å². The highest BCUT2D eigenvalue weighted by molar-refractivity contribution is 9.10. The first-order valence-electron chi connectivity index (χ1n) is 7.23. The molecule has 4 heteroatoms. The van der Waals surface area contributed by atoms with Crippen LogP contribution in [0.25, 0.3) is 11.3 Å². The summed E-state index contributed by atoms with van der Waals surface area (Å²) in [7, 11) is 0. The fourth-order valence-corrected chi connectivity index (χ4v) is 3.21. The van der Waals surface area contributed by atoms with Crippen molar-refractivity contribution >= 4 is 15.9 Å². The lowest BCUT2D eigenvalue weighted by Crippen LogP contribution is -2.28. The second-order valence-corrected chi connectivity index (χ2v) is 6.52. The van der Waals surface area contributed by atoms with Gasteiger partial charge in [0, 0.05) is 16.5 Å². The number of aryl methyl sites for hydroxylation is 1. The fraction of sp³-hybridized carbons (Fsp3) is 0.438. The van der Waals surface area contributed by atoms with Gasteiger partial charge in [0.25, 0.3) is 0 Å². The number of nitrogens with zero attached hydrogens (tertiary/aromatic N) is 1. The Hall–Kier alpha value is -1.13. The van der Waals surface area contributed by atoms with Crippen LogP contribution in [-0.4, -0.2) is 23.1 Å². The van der Waals surface area contributed by atoms with Crippen LogP contribution in [-0.2, 0) is 6.42 Å². The Morgan fingerprint density at radius 1 is 1.30 bits per heavy atom. The summed E-state index contributed by atoms with van der Waals surface area (Å²) >= 11 is 3.54. The van der Waals surface area contributed by atoms with Gasteiger partial charge in [-0.1, -0.05) is 22.0 Å². The third-order valence-electron chi connectivity index (χ3n) is 4.06. The summed E-state index contributed by atoms with van der Waals surface area (Å²) in [5, 5.41) is 3.41. The van der Waals surface area contributed by atoms with Crippen molar-refractivity contribution in [3.8, 4) is 11.3 Å². The Bertz CT molecular complexity index is 585. The number of benzene rings is 1. The topological polar surface area (TPSA) is 40.7 Å². The van der Waals surface area contributed by atoms with Crippen LogP contribution in [0.5, 0.6) is 0 Å². The molecule has 1 saturated heterocycles. The Morgan fingerprint density at radius 3 is 2.90 bits per heavy atom. The van der Waals surface area contributed by atoms with Gasteiger partial charge in [0.2, 0.25) is 0 Å². The van der Waals surface area contributed by atoms with Crippen LogP contribution in [0, 0.1) is 12.8 Å². The first kappa shape index (κ1) is 13.8. The molecule has 1 fully saturated rings. The lowest BCUT2D eigenvalue weighted by Gasteiger charge is -2.21. The van der Waals surface area contributed by atoms with Gasteiger partial charge >= 0.3 is 0 Å². The van der Waals surface area contributed by atoms with E-state index < -0.39 is 0 Å². The number of halogens is 1. The van der Waals surface area contributed by atoms with Crippen molar-refractivity contribution < 1.29 is 0 Å². The first-order chi connectivity index (χ1) is 9.72. The molecule has 1 aromatic carbocycles. The minimum Gasteiger partial charge on any atom is -0.342 e. The minimum atomic E-state index is 0.763. The molecule has 0 atom stereocenters. The van der Waals surface area contributed by atoms with Gasteiger partial charge in [-0.3, -0.25) is 0 Å². The van der Waals surface area contributed by atoms with E-state index in [-0.39, 0.29) is 0 Å². The zero-order valence-corrected chi connectivity index (χ0v) is 13.3. The number of H-pyrrole nitrogens is 1. The van der Waals surface area contributed by atoms with Crippen molar-refractivity contribution in [1.82, 2.24) is 15.3 Å². The van der Waals surface area contributed by atoms with Gasteiger partial charge in [-0.15, -0.1) is 0 Å². The van der Waals surface area contributed by atoms with Crippen LogP contribution in [0.2, 0.25) is 0 Å². The van der Waals surface area contributed by atoms with Gasteiger partial charge in [-0.25, -0.2) is 4.98 Å². The smallest absolute Gasteiger partial charge is 0.106 e. The molecule has 1 aliphatic rings. The highest BCUT2D eigenvalue weighted by Gasteiger charge is 2.15. The molecule has 2 N–H and O–H groups in total. The molecule has 20 heavy (non-hydrogen) atoms. The van der Waals surface area contributed by atoms with E-state index >= 15 is 0 Å². The van der Waals surface area contributed by atoms with Gasteiger partial charge < -0.3 is 10.3 Å². The molecule has 2 aromatic rings. The maximum atomic E-state index is 4.57. The summed E-state index contributed by atoms with van der Waals surface area (Å²) in [5.41, 5.74) is 3.61. The number of piperidine rings is 1. The van der Waals surface area contributed by atoms with E-state index in [1.165, 1.54) is 24.0 Å². The average molecular weight is 334 g/mol. The Balaban J connectivity index is 1.77. The van der Waals surface area contributed by atoms with Crippen LogP contribution in [0.15, 0.2) is 28.9 Å². The number of hydrogen-bond acceptors (Lipinski definition) is 2. The maximum Gasteiger partial charge on any atom is 0.106 e. The molecule has 3 nitrogen and oxygen atoms in total. The highest BCUT2D eigenvalue weighted by Crippen LogP contribution is 2.26. The van der Waals surface area contributed by atoms with Crippen LogP contribution in [0.4, 0.5) is 0 Å². The van der Waals surface area contributed by atoms with E-state index in [4.69, 9.17) is 0 Å². The van der Waals surface area contributed by atoms with E-state index in [9.17, 15) is 0 Å². The van der Waals surface area contributed by atoms with Gasteiger partial charge in [0.1, 0.15) is 5.82 Å². The van der Waals surface area contributed by atoms with Crippen molar-refractivity contribution in [2.75, 3.05) is 13.1 Å². The van der Waals surface area contributed by atoms with Crippen molar-refractivity contribution in [2.24, 2.45) is 5.92 Å². The van der Waals surface area contributed by atoms with Crippen LogP contribution < -0.4 is 5.32 Å². The Kier molecular flexibility index (Phi) is 4.22. The molecular formula is C16H20BrN3. The molecular weight excluding hydrogens is 314 g/mol. The highest BCUT2D eigenvalue weighted by atomic mass is 79.9. The van der Waals surface area contributed by atoms with Crippen molar-refractivity contribution in [2.45, 2.75) is 26.2 Å². The summed E-state index contributed by atoms with van der Waals surface area (Å²) in [6, 6.07) is 6.36. The van der Waals surface area contributed by atoms with Crippen LogP contribution in [0.1, 0.15) is 24.2 Å². The molecule has 0 radical (unpaired) electrons. The summed E-state index contributed by atoms with van der Waals surface area (Å²) in [4.78, 5) is 8.06. The Morgan fingerprint density at radius 2 is 2.10 bits per heavy atom. The fourth-order valence-electron chi connectivity index (χ4n) is 2.85. The molecule has 2 heterocycles. The minimum absolute atomic E-state index is 0.763. The van der Waals surface area contributed by atoms with Gasteiger partial charge in [-0.05, 0) is 56.5 Å². The van der Waals surface area contributed by atoms with E-state index in [1.807, 2.05) is 6.20 Å². The number of imidazole rings is 1. The molecule has 3 rings (SSSR count). The quantitative estimate of drug-likeness (QED) is 0.899. The SMILES string of the molecule is Cc1ccc(Br)cc1-c1cnc(CC2CCNCC2)[nH]1. The van der Waals surface area contributed by atoms with Crippen molar-refractivity contribution in [3.05, 3.63) is 40.3 Å². The van der Waals surface area contributed by atoms with Crippen LogP contribution in [0.3, 0.4) is 0 Å². The average Bonchev–Trinajstić information content (AvgIpc) is 2.91. The summed E-state index contributed by atoms with van der Waals surface area (Å²) in [6.07, 6.45) is 5.54. The normalized spacial score (nSPS) is 16.5. The number of hydrogen-bond donors (Lipinski definition) is 2. The molecule has 0 unspecified atom stereocenters. The van der Waals surface area contributed by atoms with Gasteiger partial charge in [-0.2, -0.15) is 0 Å². The largest absolute Gasteiger partial charge is 0.342 e. The Labute approximate surface area is 128 Å². The summed E-state index contributed by atoms with van der Waals surface area (Å²) in [5.74, 6) is 1.88. The first-order valence-corrected chi connectivity index (χ1v) is 8.03. The van der Waals surface area contributed by atoms with E-state index in [0.29, 0.717) is 0 Å². The molecule has 0 amide bonds. The predicted octanol–water partition coefficient (Wildman–Crippen LogP) is 3.69. The zero-order valence-electron chi connectivity index (χ0n) is 11.7. The standard InChI is InChI=1S/C16H20BrN3/c1-11-2-3-13(17)9-14(11)15-10-19-16(20-15)8-12-4-6-18-7-5-12/h2-3,9-10,12,18H,4-8H2,1H3,(H,19,20). The summed E-state index contributed by atoms with van der Waals surface area (Å²) in [6.45, 7) is 4.42. The van der Waals surface area contributed by atoms with E-state index in [2.05, 4.69) is 56.3 Å². The number of aromatic nitrogens is 2. The summed E-state index contributed by atoms with van der Waals surface area (Å²) < 4.78 is 1.10. The molecule has 1 aliphatic heterocycles. The second kappa shape index (κ2) is 6.10. The number of aromatic amines is 1. The predicted molar refractivity (Wildman–Crippen MR) is 85.8 cm³/mol. The molecule has 0 aliphatic carbocycles. The van der Waals surface area contributed by atoms with E-state index in [0.717, 1.165) is 41.4 Å². The zero-order chi connectivity index (χ0) is 13.9. The monoisotopic (exact) mass is 333 g/mol. The van der Waals surface area contributed by atoms with Crippen molar-refractivity contribution in [3.63, 3.8) is 0 Å². The molecule has 0 spiro atoms. The van der Waals surface area contributed by atoms with Crippen molar-refractivity contribution in [1.29, 1.82) is 0 Å².